The second-order valence-electron chi connectivity index (χ2n) is 10.2. The van der Waals surface area contributed by atoms with E-state index in [9.17, 15) is 0 Å². The van der Waals surface area contributed by atoms with Crippen LogP contribution in [0.1, 0.15) is 39.5 Å². The standard InChI is InChI=1S/C7H8.3C6H7N.3C5H6N2/c1-7-5-3-2-4-6-7;1-6-2-4-7-5-3-6;1-6-3-2-4-7-5-6;1-6-4-2-3-5-7-6;1-5-2-6-4-7-3-5;1-5-2-3-6-4-7-5;1-5-6-3-2-4-7-5/h2-6H,1H3;3*2-5H,1H3;3*2-4H,1H3. The van der Waals surface area contributed by atoms with Crippen molar-refractivity contribution in [1.29, 1.82) is 0 Å². The molecule has 0 unspecified atom stereocenters. The van der Waals surface area contributed by atoms with E-state index in [1.54, 1.807) is 61.8 Å². The molecule has 252 valence electrons. The molecule has 0 N–H and O–H groups in total. The van der Waals surface area contributed by atoms with E-state index < -0.39 is 0 Å². The van der Waals surface area contributed by atoms with Gasteiger partial charge in [0.15, 0.2) is 0 Å². The fourth-order valence-corrected chi connectivity index (χ4v) is 2.96. The summed E-state index contributed by atoms with van der Waals surface area (Å²) in [6.45, 7) is 13.9. The Hall–Kier alpha value is -6.09. The predicted molar refractivity (Wildman–Crippen MR) is 198 cm³/mol. The van der Waals surface area contributed by atoms with Crippen molar-refractivity contribution in [2.75, 3.05) is 0 Å². The lowest BCUT2D eigenvalue weighted by molar-refractivity contribution is 1.05. The minimum absolute atomic E-state index is 0.822. The van der Waals surface area contributed by atoms with Crippen molar-refractivity contribution < 1.29 is 0 Å². The van der Waals surface area contributed by atoms with Crippen LogP contribution in [0.4, 0.5) is 0 Å². The zero-order valence-electron chi connectivity index (χ0n) is 29.5. The summed E-state index contributed by atoms with van der Waals surface area (Å²) in [6, 6.07) is 27.7. The lowest BCUT2D eigenvalue weighted by Crippen LogP contribution is -1.80. The summed E-state index contributed by atoms with van der Waals surface area (Å²) in [5.41, 5.74) is 6.97. The number of rotatable bonds is 0. The Morgan fingerprint density at radius 1 is 0.306 bits per heavy atom. The number of benzene rings is 1. The highest BCUT2D eigenvalue weighted by molar-refractivity contribution is 5.11. The highest BCUT2D eigenvalue weighted by Crippen LogP contribution is 1.92. The first kappa shape index (κ1) is 40.9. The number of aromatic nitrogens is 9. The van der Waals surface area contributed by atoms with E-state index in [0.29, 0.717) is 0 Å². The highest BCUT2D eigenvalue weighted by Gasteiger charge is 1.77. The summed E-state index contributed by atoms with van der Waals surface area (Å²) in [6.07, 6.45) is 20.7. The van der Waals surface area contributed by atoms with E-state index in [-0.39, 0.29) is 0 Å². The molecular formula is C40H47N9. The van der Waals surface area contributed by atoms with Crippen molar-refractivity contribution >= 4 is 0 Å². The molecule has 49 heavy (non-hydrogen) atoms. The van der Waals surface area contributed by atoms with Crippen LogP contribution in [0.3, 0.4) is 0 Å². The minimum Gasteiger partial charge on any atom is -0.265 e. The quantitative estimate of drug-likeness (QED) is 0.159. The molecule has 7 rings (SSSR count). The van der Waals surface area contributed by atoms with Gasteiger partial charge in [-0.3, -0.25) is 15.0 Å². The van der Waals surface area contributed by atoms with Crippen LogP contribution in [0.5, 0.6) is 0 Å². The molecule has 0 saturated heterocycles. The molecule has 9 heteroatoms. The Balaban J connectivity index is 0.000000286. The van der Waals surface area contributed by atoms with Crippen LogP contribution in [0, 0.1) is 48.5 Å². The van der Waals surface area contributed by atoms with Crippen LogP contribution in [-0.2, 0) is 0 Å². The topological polar surface area (TPSA) is 116 Å². The lowest BCUT2D eigenvalue weighted by atomic mass is 10.2. The molecule has 0 amide bonds. The summed E-state index contributed by atoms with van der Waals surface area (Å²) >= 11 is 0. The Bertz CT molecular complexity index is 1310. The third kappa shape index (κ3) is 26.8. The van der Waals surface area contributed by atoms with Crippen molar-refractivity contribution in [2.45, 2.75) is 48.5 Å². The summed E-state index contributed by atoms with van der Waals surface area (Å²) in [7, 11) is 0. The van der Waals surface area contributed by atoms with Gasteiger partial charge >= 0.3 is 0 Å². The SMILES string of the molecule is Cc1ccccc1.Cc1ccccn1.Cc1cccnc1.Cc1ccncc1.Cc1ccncn1.Cc1cncnc1.Cc1ncccn1. The zero-order valence-corrected chi connectivity index (χ0v) is 29.5. The average molecular weight is 654 g/mol. The van der Waals surface area contributed by atoms with Gasteiger partial charge in [-0.25, -0.2) is 29.9 Å². The van der Waals surface area contributed by atoms with Crippen molar-refractivity contribution in [3.05, 3.63) is 199 Å². The molecule has 0 bridgehead atoms. The van der Waals surface area contributed by atoms with Crippen LogP contribution < -0.4 is 0 Å². The molecule has 0 atom stereocenters. The molecule has 0 aliphatic heterocycles. The molecule has 0 saturated carbocycles. The van der Waals surface area contributed by atoms with E-state index in [4.69, 9.17) is 0 Å². The fourth-order valence-electron chi connectivity index (χ4n) is 2.96. The predicted octanol–water partition coefficient (Wildman–Crippen LogP) is 8.52. The van der Waals surface area contributed by atoms with Gasteiger partial charge in [0.25, 0.3) is 0 Å². The van der Waals surface area contributed by atoms with Gasteiger partial charge in [0.1, 0.15) is 18.5 Å². The van der Waals surface area contributed by atoms with Gasteiger partial charge in [-0.05, 0) is 108 Å². The molecular weight excluding hydrogens is 607 g/mol. The van der Waals surface area contributed by atoms with E-state index in [0.717, 1.165) is 22.8 Å². The molecule has 0 aliphatic rings. The average Bonchev–Trinajstić information content (AvgIpc) is 3.12. The number of pyridine rings is 3. The number of nitrogens with zero attached hydrogens (tertiary/aromatic N) is 9. The van der Waals surface area contributed by atoms with E-state index in [1.165, 1.54) is 29.3 Å². The molecule has 9 nitrogen and oxygen atoms in total. The second kappa shape index (κ2) is 28.2. The molecule has 6 aromatic heterocycles. The molecule has 0 aliphatic carbocycles. The van der Waals surface area contributed by atoms with Gasteiger partial charge in [0.2, 0.25) is 0 Å². The van der Waals surface area contributed by atoms with E-state index in [2.05, 4.69) is 63.9 Å². The number of hydrogen-bond acceptors (Lipinski definition) is 9. The summed E-state index contributed by atoms with van der Waals surface area (Å²) < 4.78 is 0. The molecule has 0 fully saturated rings. The van der Waals surface area contributed by atoms with Crippen LogP contribution in [0.15, 0.2) is 160 Å². The third-order valence-electron chi connectivity index (χ3n) is 5.52. The van der Waals surface area contributed by atoms with E-state index in [1.807, 2.05) is 114 Å². The van der Waals surface area contributed by atoms with Crippen LogP contribution in [0.2, 0.25) is 0 Å². The van der Waals surface area contributed by atoms with Gasteiger partial charge in [-0.2, -0.15) is 0 Å². The minimum atomic E-state index is 0.822. The Labute approximate surface area is 291 Å². The Morgan fingerprint density at radius 3 is 1.14 bits per heavy atom. The normalized spacial score (nSPS) is 8.71. The van der Waals surface area contributed by atoms with Crippen LogP contribution in [0.25, 0.3) is 0 Å². The monoisotopic (exact) mass is 653 g/mol. The first-order valence-electron chi connectivity index (χ1n) is 15.6. The fraction of sp³-hybridized carbons (Fsp3) is 0.175. The summed E-state index contributed by atoms with van der Waals surface area (Å²) in [5, 5.41) is 0. The largest absolute Gasteiger partial charge is 0.265 e. The maximum absolute atomic E-state index is 3.98. The molecule has 7 aromatic rings. The smallest absolute Gasteiger partial charge is 0.125 e. The first-order valence-corrected chi connectivity index (χ1v) is 15.6. The molecule has 1 aromatic carbocycles. The van der Waals surface area contributed by atoms with Crippen LogP contribution >= 0.6 is 0 Å². The van der Waals surface area contributed by atoms with Gasteiger partial charge in [0, 0.05) is 73.4 Å². The van der Waals surface area contributed by atoms with E-state index >= 15 is 0 Å². The van der Waals surface area contributed by atoms with Gasteiger partial charge < -0.3 is 0 Å². The van der Waals surface area contributed by atoms with Crippen molar-refractivity contribution in [3.8, 4) is 0 Å². The van der Waals surface area contributed by atoms with Gasteiger partial charge in [-0.1, -0.05) is 48.0 Å². The molecule has 0 spiro atoms. The zero-order chi connectivity index (χ0) is 35.8. The first-order chi connectivity index (χ1) is 23.8. The number of aryl methyl sites for hydroxylation is 7. The maximum Gasteiger partial charge on any atom is 0.125 e. The van der Waals surface area contributed by atoms with Crippen molar-refractivity contribution in [3.63, 3.8) is 0 Å². The molecule has 0 radical (unpaired) electrons. The Kier molecular flexibility index (Phi) is 23.5. The van der Waals surface area contributed by atoms with Crippen molar-refractivity contribution in [1.82, 2.24) is 44.9 Å². The highest BCUT2D eigenvalue weighted by atomic mass is 14.8. The van der Waals surface area contributed by atoms with Crippen molar-refractivity contribution in [2.24, 2.45) is 0 Å². The third-order valence-corrected chi connectivity index (χ3v) is 5.52. The summed E-state index contributed by atoms with van der Waals surface area (Å²) in [5.74, 6) is 0.822. The van der Waals surface area contributed by atoms with Crippen LogP contribution in [-0.4, -0.2) is 44.9 Å². The van der Waals surface area contributed by atoms with Gasteiger partial charge in [0.05, 0.1) is 0 Å². The number of hydrogen-bond donors (Lipinski definition) is 0. The lowest BCUT2D eigenvalue weighted by Gasteiger charge is -1.82. The molecule has 6 heterocycles. The van der Waals surface area contributed by atoms with Gasteiger partial charge in [-0.15, -0.1) is 0 Å². The summed E-state index contributed by atoms with van der Waals surface area (Å²) in [4.78, 5) is 34.6. The maximum atomic E-state index is 3.98. The second-order valence-corrected chi connectivity index (χ2v) is 10.2. The Morgan fingerprint density at radius 2 is 0.857 bits per heavy atom.